The number of nitrogens with one attached hydrogen (secondary N) is 2. The second-order valence-corrected chi connectivity index (χ2v) is 9.54. The van der Waals surface area contributed by atoms with E-state index in [-0.39, 0.29) is 16.0 Å². The van der Waals surface area contributed by atoms with Crippen LogP contribution >= 0.6 is 47.2 Å². The first-order valence-corrected chi connectivity index (χ1v) is 12.2. The lowest BCUT2D eigenvalue weighted by atomic mass is 10.2. The maximum atomic E-state index is 13.8. The van der Waals surface area contributed by atoms with Crippen LogP contribution in [0.15, 0.2) is 88.8 Å². The van der Waals surface area contributed by atoms with Crippen LogP contribution in [0.5, 0.6) is 11.6 Å². The zero-order valence-corrected chi connectivity index (χ0v) is 21.2. The fourth-order valence-electron chi connectivity index (χ4n) is 2.94. The molecule has 4 aromatic rings. The van der Waals surface area contributed by atoms with Crippen LogP contribution in [0.3, 0.4) is 0 Å². The van der Waals surface area contributed by atoms with Gasteiger partial charge in [0.15, 0.2) is 5.11 Å². The highest BCUT2D eigenvalue weighted by molar-refractivity contribution is 7.99. The molecule has 0 saturated carbocycles. The lowest BCUT2D eigenvalue weighted by molar-refractivity contribution is 0.0969. The van der Waals surface area contributed by atoms with Crippen LogP contribution in [-0.2, 0) is 0 Å². The van der Waals surface area contributed by atoms with E-state index in [9.17, 15) is 13.6 Å². The highest BCUT2D eigenvalue weighted by atomic mass is 35.5. The van der Waals surface area contributed by atoms with Gasteiger partial charge in [0, 0.05) is 14.8 Å². The first-order chi connectivity index (χ1) is 17.3. The van der Waals surface area contributed by atoms with Gasteiger partial charge >= 0.3 is 0 Å². The van der Waals surface area contributed by atoms with Crippen molar-refractivity contribution in [1.82, 2.24) is 10.3 Å². The topological polar surface area (TPSA) is 63.2 Å². The molecule has 0 aliphatic carbocycles. The van der Waals surface area contributed by atoms with Crippen molar-refractivity contribution in [2.24, 2.45) is 0 Å². The quantitative estimate of drug-likeness (QED) is 0.235. The molecule has 3 aromatic carbocycles. The Hall–Kier alpha value is -3.24. The van der Waals surface area contributed by atoms with Gasteiger partial charge < -0.3 is 10.1 Å². The van der Waals surface area contributed by atoms with Gasteiger partial charge in [0.2, 0.25) is 5.88 Å². The maximum absolute atomic E-state index is 13.8. The van der Waals surface area contributed by atoms with Gasteiger partial charge in [-0.2, -0.15) is 0 Å². The molecule has 0 fully saturated rings. The minimum atomic E-state index is -1.03. The number of thiocarbonyl (C=S) groups is 1. The number of pyridine rings is 1. The monoisotopic (exact) mass is 561 g/mol. The van der Waals surface area contributed by atoms with E-state index in [1.807, 2.05) is 36.4 Å². The van der Waals surface area contributed by atoms with E-state index in [4.69, 9.17) is 40.2 Å². The van der Waals surface area contributed by atoms with Crippen molar-refractivity contribution in [2.75, 3.05) is 5.32 Å². The van der Waals surface area contributed by atoms with E-state index in [2.05, 4.69) is 15.6 Å². The normalized spacial score (nSPS) is 10.6. The standard InChI is InChI=1S/C25H15Cl2F2N3O2S2/c26-14-4-8-17(9-5-14)36-18-10-6-16(7-11-18)34-24-19(27)12-15(13-30-24)31-25(35)32-23(33)22-20(28)2-1-3-21(22)29/h1-13H,(H2,31,32,33,35). The molecule has 0 radical (unpaired) electrons. The number of carbonyl (C=O) groups excluding carboxylic acids is 1. The van der Waals surface area contributed by atoms with Crippen molar-refractivity contribution in [3.63, 3.8) is 0 Å². The Bertz CT molecular complexity index is 1400. The zero-order chi connectivity index (χ0) is 25.7. The van der Waals surface area contributed by atoms with Gasteiger partial charge in [-0.1, -0.05) is 41.0 Å². The van der Waals surface area contributed by atoms with Gasteiger partial charge in [-0.25, -0.2) is 13.8 Å². The van der Waals surface area contributed by atoms with Gasteiger partial charge in [0.25, 0.3) is 5.91 Å². The molecule has 5 nitrogen and oxygen atoms in total. The minimum Gasteiger partial charge on any atom is -0.438 e. The van der Waals surface area contributed by atoms with Crippen molar-refractivity contribution < 1.29 is 18.3 Å². The van der Waals surface area contributed by atoms with E-state index in [0.717, 1.165) is 28.0 Å². The summed E-state index contributed by atoms with van der Waals surface area (Å²) >= 11 is 18.8. The number of benzene rings is 3. The van der Waals surface area contributed by atoms with Gasteiger partial charge in [0.05, 0.1) is 11.9 Å². The summed E-state index contributed by atoms with van der Waals surface area (Å²) < 4.78 is 33.3. The average Bonchev–Trinajstić information content (AvgIpc) is 2.83. The Morgan fingerprint density at radius 1 is 0.944 bits per heavy atom. The number of ether oxygens (including phenoxy) is 1. The molecule has 1 amide bonds. The molecular weight excluding hydrogens is 547 g/mol. The molecule has 182 valence electrons. The van der Waals surface area contributed by atoms with Gasteiger partial charge in [-0.05, 0) is 78.9 Å². The van der Waals surface area contributed by atoms with Crippen molar-refractivity contribution >= 4 is 63.9 Å². The Morgan fingerprint density at radius 2 is 1.56 bits per heavy atom. The van der Waals surface area contributed by atoms with Crippen molar-refractivity contribution in [1.29, 1.82) is 0 Å². The third-order valence-electron chi connectivity index (χ3n) is 4.57. The summed E-state index contributed by atoms with van der Waals surface area (Å²) in [5, 5.41) is 5.57. The number of aromatic nitrogens is 1. The Labute approximate surface area is 224 Å². The van der Waals surface area contributed by atoms with E-state index in [0.29, 0.717) is 16.5 Å². The van der Waals surface area contributed by atoms with Crippen LogP contribution in [0, 0.1) is 11.6 Å². The lowest BCUT2D eigenvalue weighted by Gasteiger charge is -2.12. The summed E-state index contributed by atoms with van der Waals surface area (Å²) in [5.74, 6) is -2.35. The van der Waals surface area contributed by atoms with Crippen molar-refractivity contribution in [3.8, 4) is 11.6 Å². The summed E-state index contributed by atoms with van der Waals surface area (Å²) in [5.41, 5.74) is -0.402. The summed E-state index contributed by atoms with van der Waals surface area (Å²) in [6.45, 7) is 0. The molecule has 2 N–H and O–H groups in total. The molecule has 0 saturated heterocycles. The Balaban J connectivity index is 1.35. The summed E-state index contributed by atoms with van der Waals surface area (Å²) in [7, 11) is 0. The third-order valence-corrected chi connectivity index (χ3v) is 6.31. The molecule has 0 spiro atoms. The molecule has 1 aromatic heterocycles. The maximum Gasteiger partial charge on any atom is 0.263 e. The van der Waals surface area contributed by atoms with Crippen LogP contribution in [0.1, 0.15) is 10.4 Å². The van der Waals surface area contributed by atoms with E-state index < -0.39 is 23.1 Å². The van der Waals surface area contributed by atoms with Crippen LogP contribution < -0.4 is 15.4 Å². The molecule has 11 heteroatoms. The Kier molecular flexibility index (Phi) is 8.37. The molecule has 4 rings (SSSR count). The van der Waals surface area contributed by atoms with Crippen LogP contribution in [-0.4, -0.2) is 16.0 Å². The summed E-state index contributed by atoms with van der Waals surface area (Å²) in [6, 6.07) is 19.5. The molecule has 36 heavy (non-hydrogen) atoms. The Morgan fingerprint density at radius 3 is 2.17 bits per heavy atom. The second-order valence-electron chi connectivity index (χ2n) is 7.15. The van der Waals surface area contributed by atoms with Gasteiger partial charge in [-0.15, -0.1) is 0 Å². The number of halogens is 4. The van der Waals surface area contributed by atoms with Crippen molar-refractivity contribution in [3.05, 3.63) is 106 Å². The van der Waals surface area contributed by atoms with Crippen LogP contribution in [0.2, 0.25) is 10.0 Å². The number of nitrogens with zero attached hydrogens (tertiary/aromatic N) is 1. The van der Waals surface area contributed by atoms with Gasteiger partial charge in [0.1, 0.15) is 28.0 Å². The van der Waals surface area contributed by atoms with Crippen molar-refractivity contribution in [2.45, 2.75) is 9.79 Å². The number of anilines is 1. The highest BCUT2D eigenvalue weighted by Gasteiger charge is 2.18. The van der Waals surface area contributed by atoms with E-state index >= 15 is 0 Å². The smallest absolute Gasteiger partial charge is 0.263 e. The third kappa shape index (κ3) is 6.70. The minimum absolute atomic E-state index is 0.156. The van der Waals surface area contributed by atoms with E-state index in [1.54, 1.807) is 23.9 Å². The highest BCUT2D eigenvalue weighted by Crippen LogP contribution is 2.33. The van der Waals surface area contributed by atoms with Gasteiger partial charge in [-0.3, -0.25) is 10.1 Å². The second kappa shape index (κ2) is 11.7. The predicted molar refractivity (Wildman–Crippen MR) is 141 cm³/mol. The zero-order valence-electron chi connectivity index (χ0n) is 18.1. The molecule has 0 aliphatic heterocycles. The molecule has 0 unspecified atom stereocenters. The molecule has 1 heterocycles. The average molecular weight is 562 g/mol. The first kappa shape index (κ1) is 25.8. The number of carbonyl (C=O) groups is 1. The molecule has 0 aliphatic rings. The molecular formula is C25H15Cl2F2N3O2S2. The predicted octanol–water partition coefficient (Wildman–Crippen LogP) is 7.74. The summed E-state index contributed by atoms with van der Waals surface area (Å²) in [4.78, 5) is 18.4. The number of hydrogen-bond donors (Lipinski definition) is 2. The fraction of sp³-hybridized carbons (Fsp3) is 0. The van der Waals surface area contributed by atoms with Crippen LogP contribution in [0.4, 0.5) is 14.5 Å². The number of hydrogen-bond acceptors (Lipinski definition) is 5. The molecule has 0 bridgehead atoms. The SMILES string of the molecule is O=C(NC(=S)Nc1cnc(Oc2ccc(Sc3ccc(Cl)cc3)cc2)c(Cl)c1)c1c(F)cccc1F. The fourth-order valence-corrected chi connectivity index (χ4v) is 4.30. The first-order valence-electron chi connectivity index (χ1n) is 10.2. The number of rotatable bonds is 6. The summed E-state index contributed by atoms with van der Waals surface area (Å²) in [6.07, 6.45) is 1.38. The lowest BCUT2D eigenvalue weighted by Crippen LogP contribution is -2.35. The molecule has 0 atom stereocenters. The largest absolute Gasteiger partial charge is 0.438 e. The van der Waals surface area contributed by atoms with Crippen LogP contribution in [0.25, 0.3) is 0 Å². The van der Waals surface area contributed by atoms with E-state index in [1.165, 1.54) is 12.3 Å². The number of amides is 1.